The third kappa shape index (κ3) is 3.16. The fourth-order valence-corrected chi connectivity index (χ4v) is 3.10. The monoisotopic (exact) mass is 338 g/mol. The molecule has 128 valence electrons. The Balaban J connectivity index is 2.05. The Morgan fingerprint density at radius 1 is 1.25 bits per heavy atom. The van der Waals surface area contributed by atoms with Crippen molar-refractivity contribution in [2.24, 2.45) is 5.92 Å². The van der Waals surface area contributed by atoms with Crippen molar-refractivity contribution in [2.45, 2.75) is 25.9 Å². The van der Waals surface area contributed by atoms with Crippen molar-refractivity contribution >= 4 is 22.6 Å². The molecule has 4 nitrogen and oxygen atoms in total. The fourth-order valence-electron chi connectivity index (χ4n) is 3.10. The second kappa shape index (κ2) is 5.96. The molecule has 1 aliphatic rings. The molecular formula is C17H17F3N2O2. The molecule has 1 aliphatic heterocycles. The molecule has 0 saturated carbocycles. The molecule has 1 saturated heterocycles. The number of halogens is 3. The van der Waals surface area contributed by atoms with E-state index in [1.165, 1.54) is 0 Å². The number of anilines is 1. The Morgan fingerprint density at radius 3 is 2.50 bits per heavy atom. The van der Waals surface area contributed by atoms with Gasteiger partial charge in [0.05, 0.1) is 11.4 Å². The number of piperidine rings is 1. The maximum atomic E-state index is 13.2. The Hall–Kier alpha value is -2.31. The molecule has 1 N–H and O–H groups in total. The number of carboxylic acid groups (broad SMARTS) is 1. The number of alkyl halides is 3. The van der Waals surface area contributed by atoms with Crippen LogP contribution in [0.3, 0.4) is 0 Å². The highest BCUT2D eigenvalue weighted by Gasteiger charge is 2.34. The van der Waals surface area contributed by atoms with Gasteiger partial charge in [0.1, 0.15) is 5.69 Å². The van der Waals surface area contributed by atoms with E-state index in [-0.39, 0.29) is 0 Å². The topological polar surface area (TPSA) is 53.4 Å². The minimum absolute atomic E-state index is 0.297. The molecule has 3 rings (SSSR count). The molecule has 0 radical (unpaired) electrons. The molecule has 0 unspecified atom stereocenters. The van der Waals surface area contributed by atoms with E-state index in [0.29, 0.717) is 42.5 Å². The molecule has 24 heavy (non-hydrogen) atoms. The van der Waals surface area contributed by atoms with Gasteiger partial charge in [0.25, 0.3) is 0 Å². The number of pyridine rings is 1. The van der Waals surface area contributed by atoms with Crippen LogP contribution in [-0.4, -0.2) is 29.1 Å². The Morgan fingerprint density at radius 2 is 1.92 bits per heavy atom. The molecule has 0 atom stereocenters. The molecule has 0 spiro atoms. The first-order chi connectivity index (χ1) is 11.3. The number of fused-ring (bicyclic) bond motifs is 1. The number of aromatic nitrogens is 1. The van der Waals surface area contributed by atoms with Crippen LogP contribution in [0, 0.1) is 12.8 Å². The lowest BCUT2D eigenvalue weighted by atomic mass is 9.96. The van der Waals surface area contributed by atoms with E-state index in [2.05, 4.69) is 4.98 Å². The lowest BCUT2D eigenvalue weighted by molar-refractivity contribution is -0.142. The minimum atomic E-state index is -4.52. The Labute approximate surface area is 136 Å². The van der Waals surface area contributed by atoms with Gasteiger partial charge in [0.15, 0.2) is 0 Å². The molecule has 1 aromatic carbocycles. The van der Waals surface area contributed by atoms with Crippen molar-refractivity contribution in [2.75, 3.05) is 18.0 Å². The summed E-state index contributed by atoms with van der Waals surface area (Å²) in [7, 11) is 0. The van der Waals surface area contributed by atoms with Gasteiger partial charge in [-0.25, -0.2) is 4.98 Å². The summed E-state index contributed by atoms with van der Waals surface area (Å²) in [5, 5.41) is 9.74. The molecule has 0 bridgehead atoms. The zero-order chi connectivity index (χ0) is 17.5. The Bertz CT molecular complexity index is 781. The molecule has 1 aromatic heterocycles. The number of carbonyl (C=O) groups is 1. The highest BCUT2D eigenvalue weighted by Crippen LogP contribution is 2.36. The van der Waals surface area contributed by atoms with Crippen LogP contribution in [0.15, 0.2) is 24.3 Å². The first-order valence-electron chi connectivity index (χ1n) is 7.72. The van der Waals surface area contributed by atoms with Crippen molar-refractivity contribution in [1.82, 2.24) is 4.98 Å². The number of aliphatic carboxylic acids is 1. The van der Waals surface area contributed by atoms with Gasteiger partial charge < -0.3 is 10.0 Å². The van der Waals surface area contributed by atoms with Crippen LogP contribution in [0.4, 0.5) is 18.9 Å². The van der Waals surface area contributed by atoms with Gasteiger partial charge in [0, 0.05) is 24.2 Å². The smallest absolute Gasteiger partial charge is 0.433 e. The number of carboxylic acids is 1. The zero-order valence-electron chi connectivity index (χ0n) is 13.1. The average Bonchev–Trinajstić information content (AvgIpc) is 2.53. The summed E-state index contributed by atoms with van der Waals surface area (Å²) in [5.41, 5.74) is 0.783. The predicted octanol–water partition coefficient (Wildman–Crippen LogP) is 3.86. The van der Waals surface area contributed by atoms with Gasteiger partial charge >= 0.3 is 12.1 Å². The highest BCUT2D eigenvalue weighted by molar-refractivity contribution is 5.92. The SMILES string of the molecule is Cc1ccc2nc(C(F)(F)F)cc(N3CCC(C(=O)O)CC3)c2c1. The van der Waals surface area contributed by atoms with Crippen molar-refractivity contribution in [3.63, 3.8) is 0 Å². The quantitative estimate of drug-likeness (QED) is 0.903. The second-order valence-electron chi connectivity index (χ2n) is 6.14. The summed E-state index contributed by atoms with van der Waals surface area (Å²) in [6.07, 6.45) is -3.67. The maximum absolute atomic E-state index is 13.2. The van der Waals surface area contributed by atoms with Gasteiger partial charge in [0.2, 0.25) is 0 Å². The predicted molar refractivity (Wildman–Crippen MR) is 84.1 cm³/mol. The van der Waals surface area contributed by atoms with E-state index in [0.717, 1.165) is 11.6 Å². The minimum Gasteiger partial charge on any atom is -0.481 e. The standard InChI is InChI=1S/C17H17F3N2O2/c1-10-2-3-13-12(8-10)14(9-15(21-13)17(18,19)20)22-6-4-11(5-7-22)16(23)24/h2-3,8-9,11H,4-7H2,1H3,(H,23,24). The van der Waals surface area contributed by atoms with Gasteiger partial charge in [-0.2, -0.15) is 13.2 Å². The number of hydrogen-bond donors (Lipinski definition) is 1. The largest absolute Gasteiger partial charge is 0.481 e. The summed E-state index contributed by atoms with van der Waals surface area (Å²) >= 11 is 0. The molecule has 0 aliphatic carbocycles. The summed E-state index contributed by atoms with van der Waals surface area (Å²) in [5.74, 6) is -1.28. The summed E-state index contributed by atoms with van der Waals surface area (Å²) in [6.45, 7) is 2.71. The van der Waals surface area contributed by atoms with Crippen molar-refractivity contribution in [3.8, 4) is 0 Å². The van der Waals surface area contributed by atoms with Crippen LogP contribution in [0.2, 0.25) is 0 Å². The highest BCUT2D eigenvalue weighted by atomic mass is 19.4. The lowest BCUT2D eigenvalue weighted by Gasteiger charge is -2.33. The molecule has 2 aromatic rings. The van der Waals surface area contributed by atoms with E-state index in [1.807, 2.05) is 17.9 Å². The number of benzene rings is 1. The Kier molecular flexibility index (Phi) is 4.11. The molecular weight excluding hydrogens is 321 g/mol. The maximum Gasteiger partial charge on any atom is 0.433 e. The van der Waals surface area contributed by atoms with Crippen LogP contribution < -0.4 is 4.90 Å². The summed E-state index contributed by atoms with van der Waals surface area (Å²) in [4.78, 5) is 16.6. The number of nitrogens with zero attached hydrogens (tertiary/aromatic N) is 2. The number of rotatable bonds is 2. The van der Waals surface area contributed by atoms with E-state index < -0.39 is 23.8 Å². The lowest BCUT2D eigenvalue weighted by Crippen LogP contribution is -2.36. The summed E-state index contributed by atoms with van der Waals surface area (Å²) < 4.78 is 39.5. The van der Waals surface area contributed by atoms with Crippen LogP contribution in [-0.2, 0) is 11.0 Å². The van der Waals surface area contributed by atoms with Crippen LogP contribution >= 0.6 is 0 Å². The molecule has 2 heterocycles. The van der Waals surface area contributed by atoms with E-state index in [1.54, 1.807) is 12.1 Å². The van der Waals surface area contributed by atoms with Crippen LogP contribution in [0.5, 0.6) is 0 Å². The van der Waals surface area contributed by atoms with Crippen LogP contribution in [0.25, 0.3) is 10.9 Å². The second-order valence-corrected chi connectivity index (χ2v) is 6.14. The van der Waals surface area contributed by atoms with Crippen molar-refractivity contribution < 1.29 is 23.1 Å². The van der Waals surface area contributed by atoms with E-state index in [9.17, 15) is 18.0 Å². The third-order valence-electron chi connectivity index (χ3n) is 4.42. The number of hydrogen-bond acceptors (Lipinski definition) is 3. The van der Waals surface area contributed by atoms with E-state index in [4.69, 9.17) is 5.11 Å². The average molecular weight is 338 g/mol. The molecule has 1 fully saturated rings. The molecule has 0 amide bonds. The van der Waals surface area contributed by atoms with Crippen LogP contribution in [0.1, 0.15) is 24.1 Å². The van der Waals surface area contributed by atoms with Gasteiger partial charge in [-0.1, -0.05) is 11.6 Å². The first-order valence-corrected chi connectivity index (χ1v) is 7.72. The first kappa shape index (κ1) is 16.5. The molecule has 7 heteroatoms. The van der Waals surface area contributed by atoms with Gasteiger partial charge in [-0.15, -0.1) is 0 Å². The van der Waals surface area contributed by atoms with E-state index >= 15 is 0 Å². The summed E-state index contributed by atoms with van der Waals surface area (Å²) in [6, 6.07) is 6.22. The normalized spacial score (nSPS) is 16.6. The van der Waals surface area contributed by atoms with Gasteiger partial charge in [-0.05, 0) is 38.0 Å². The number of aryl methyl sites for hydroxylation is 1. The fraction of sp³-hybridized carbons (Fsp3) is 0.412. The van der Waals surface area contributed by atoms with Crippen molar-refractivity contribution in [1.29, 1.82) is 0 Å². The third-order valence-corrected chi connectivity index (χ3v) is 4.42. The zero-order valence-corrected chi connectivity index (χ0v) is 13.1. The van der Waals surface area contributed by atoms with Crippen molar-refractivity contribution in [3.05, 3.63) is 35.5 Å². The van der Waals surface area contributed by atoms with Gasteiger partial charge in [-0.3, -0.25) is 4.79 Å².